The van der Waals surface area contributed by atoms with E-state index >= 15 is 0 Å². The minimum atomic E-state index is -0.235. The molecule has 0 radical (unpaired) electrons. The van der Waals surface area contributed by atoms with E-state index in [4.69, 9.17) is 4.74 Å². The lowest BCUT2D eigenvalue weighted by Gasteiger charge is -2.41. The van der Waals surface area contributed by atoms with Crippen molar-refractivity contribution in [2.24, 2.45) is 0 Å². The van der Waals surface area contributed by atoms with Gasteiger partial charge in [0.15, 0.2) is 5.75 Å². The number of benzene rings is 1. The van der Waals surface area contributed by atoms with Crippen LogP contribution in [-0.4, -0.2) is 78.1 Å². The summed E-state index contributed by atoms with van der Waals surface area (Å²) < 4.78 is 5.64. The van der Waals surface area contributed by atoms with E-state index in [0.717, 1.165) is 63.0 Å². The van der Waals surface area contributed by atoms with Crippen molar-refractivity contribution in [2.45, 2.75) is 18.9 Å². The van der Waals surface area contributed by atoms with Crippen LogP contribution in [0, 0.1) is 0 Å². The van der Waals surface area contributed by atoms with Crippen molar-refractivity contribution in [1.82, 2.24) is 19.7 Å². The van der Waals surface area contributed by atoms with E-state index in [-0.39, 0.29) is 6.09 Å². The highest BCUT2D eigenvalue weighted by Gasteiger charge is 2.29. The Bertz CT molecular complexity index is 728. The molecular formula is C19H26N4O2. The van der Waals surface area contributed by atoms with E-state index in [9.17, 15) is 4.79 Å². The van der Waals surface area contributed by atoms with Crippen LogP contribution in [0.3, 0.4) is 0 Å². The number of ether oxygens (including phenoxy) is 1. The normalized spacial score (nSPS) is 20.9. The minimum Gasteiger partial charge on any atom is -0.408 e. The molecule has 0 unspecified atom stereocenters. The zero-order chi connectivity index (χ0) is 17.2. The number of para-hydroxylation sites is 1. The van der Waals surface area contributed by atoms with Gasteiger partial charge in [0.25, 0.3) is 0 Å². The lowest BCUT2D eigenvalue weighted by molar-refractivity contribution is 0.0676. The SMILES string of the molecule is CN1CCN(C2CCN(C(=O)Oc3c[nH]c4ccccc34)CC2)CC1. The van der Waals surface area contributed by atoms with Crippen LogP contribution in [0.15, 0.2) is 30.5 Å². The molecule has 4 rings (SSSR count). The third-order valence-corrected chi connectivity index (χ3v) is 5.53. The standard InChI is InChI=1S/C19H26N4O2/c1-21-10-12-22(13-11-21)15-6-8-23(9-7-15)19(24)25-18-14-20-17-5-3-2-4-16(17)18/h2-5,14-15,20H,6-13H2,1H3. The molecule has 2 fully saturated rings. The molecule has 25 heavy (non-hydrogen) atoms. The van der Waals surface area contributed by atoms with Gasteiger partial charge in [0, 0.05) is 62.4 Å². The number of piperidine rings is 1. The van der Waals surface area contributed by atoms with Crippen molar-refractivity contribution in [3.05, 3.63) is 30.5 Å². The topological polar surface area (TPSA) is 51.8 Å². The van der Waals surface area contributed by atoms with Gasteiger partial charge in [-0.1, -0.05) is 12.1 Å². The number of aromatic nitrogens is 1. The largest absolute Gasteiger partial charge is 0.415 e. The number of H-pyrrole nitrogens is 1. The quantitative estimate of drug-likeness (QED) is 0.910. The molecule has 0 saturated carbocycles. The van der Waals surface area contributed by atoms with Crippen LogP contribution in [0.25, 0.3) is 10.9 Å². The summed E-state index contributed by atoms with van der Waals surface area (Å²) in [6.07, 6.45) is 3.60. The maximum atomic E-state index is 12.5. The van der Waals surface area contributed by atoms with Crippen molar-refractivity contribution in [3.63, 3.8) is 0 Å². The number of likely N-dealkylation sites (tertiary alicyclic amines) is 1. The van der Waals surface area contributed by atoms with E-state index in [1.165, 1.54) is 0 Å². The maximum Gasteiger partial charge on any atom is 0.415 e. The second-order valence-electron chi connectivity index (χ2n) is 7.12. The van der Waals surface area contributed by atoms with E-state index in [1.807, 2.05) is 29.2 Å². The highest BCUT2D eigenvalue weighted by molar-refractivity contribution is 5.88. The summed E-state index contributed by atoms with van der Waals surface area (Å²) in [5.41, 5.74) is 0.985. The first-order valence-corrected chi connectivity index (χ1v) is 9.16. The fourth-order valence-corrected chi connectivity index (χ4v) is 3.89. The average Bonchev–Trinajstić information content (AvgIpc) is 3.06. The van der Waals surface area contributed by atoms with Crippen LogP contribution in [0.2, 0.25) is 0 Å². The van der Waals surface area contributed by atoms with Gasteiger partial charge in [-0.15, -0.1) is 0 Å². The monoisotopic (exact) mass is 342 g/mol. The number of piperazine rings is 1. The summed E-state index contributed by atoms with van der Waals surface area (Å²) in [6.45, 7) is 6.12. The zero-order valence-electron chi connectivity index (χ0n) is 14.8. The predicted octanol–water partition coefficient (Wildman–Crippen LogP) is 2.38. The summed E-state index contributed by atoms with van der Waals surface area (Å²) in [6, 6.07) is 8.47. The predicted molar refractivity (Wildman–Crippen MR) is 98.0 cm³/mol. The Morgan fingerprint density at radius 2 is 1.80 bits per heavy atom. The Morgan fingerprint density at radius 3 is 2.56 bits per heavy atom. The number of fused-ring (bicyclic) bond motifs is 1. The molecule has 0 atom stereocenters. The lowest BCUT2D eigenvalue weighted by atomic mass is 10.0. The summed E-state index contributed by atoms with van der Waals surface area (Å²) in [7, 11) is 2.18. The number of aromatic amines is 1. The molecule has 1 aromatic heterocycles. The highest BCUT2D eigenvalue weighted by atomic mass is 16.6. The highest BCUT2D eigenvalue weighted by Crippen LogP contribution is 2.26. The second kappa shape index (κ2) is 7.06. The number of nitrogens with zero attached hydrogens (tertiary/aromatic N) is 3. The smallest absolute Gasteiger partial charge is 0.408 e. The van der Waals surface area contributed by atoms with Crippen molar-refractivity contribution in [2.75, 3.05) is 46.3 Å². The van der Waals surface area contributed by atoms with Gasteiger partial charge in [0.2, 0.25) is 0 Å². The van der Waals surface area contributed by atoms with Gasteiger partial charge in [0.1, 0.15) is 0 Å². The number of carbonyl (C=O) groups excluding carboxylic acids is 1. The molecule has 6 nitrogen and oxygen atoms in total. The van der Waals surface area contributed by atoms with Crippen molar-refractivity contribution < 1.29 is 9.53 Å². The molecule has 0 bridgehead atoms. The number of hydrogen-bond acceptors (Lipinski definition) is 4. The maximum absolute atomic E-state index is 12.5. The number of nitrogens with one attached hydrogen (secondary N) is 1. The molecule has 3 heterocycles. The first-order valence-electron chi connectivity index (χ1n) is 9.16. The fourth-order valence-electron chi connectivity index (χ4n) is 3.89. The average molecular weight is 342 g/mol. The second-order valence-corrected chi connectivity index (χ2v) is 7.12. The van der Waals surface area contributed by atoms with Gasteiger partial charge in [-0.05, 0) is 32.0 Å². The number of amides is 1. The molecule has 2 aliphatic heterocycles. The third kappa shape index (κ3) is 3.50. The summed E-state index contributed by atoms with van der Waals surface area (Å²) in [5.74, 6) is 0.613. The van der Waals surface area contributed by atoms with Crippen molar-refractivity contribution >= 4 is 17.0 Å². The van der Waals surface area contributed by atoms with Crippen LogP contribution in [0.4, 0.5) is 4.79 Å². The number of hydrogen-bond donors (Lipinski definition) is 1. The number of rotatable bonds is 2. The Balaban J connectivity index is 1.32. The molecule has 2 saturated heterocycles. The fraction of sp³-hybridized carbons (Fsp3) is 0.526. The molecule has 1 aromatic carbocycles. The van der Waals surface area contributed by atoms with E-state index in [2.05, 4.69) is 21.8 Å². The van der Waals surface area contributed by atoms with Crippen LogP contribution >= 0.6 is 0 Å². The molecule has 2 aliphatic rings. The van der Waals surface area contributed by atoms with Gasteiger partial charge in [-0.3, -0.25) is 4.90 Å². The molecule has 1 N–H and O–H groups in total. The van der Waals surface area contributed by atoms with E-state index in [1.54, 1.807) is 6.20 Å². The van der Waals surface area contributed by atoms with Crippen LogP contribution in [0.5, 0.6) is 5.75 Å². The summed E-state index contributed by atoms with van der Waals surface area (Å²) in [5, 5.41) is 0.947. The Hall–Kier alpha value is -2.05. The lowest BCUT2D eigenvalue weighted by Crippen LogP contribution is -2.53. The van der Waals surface area contributed by atoms with Gasteiger partial charge in [0.05, 0.1) is 0 Å². The van der Waals surface area contributed by atoms with Crippen LogP contribution in [-0.2, 0) is 0 Å². The van der Waals surface area contributed by atoms with Gasteiger partial charge in [-0.2, -0.15) is 0 Å². The Kier molecular flexibility index (Phi) is 4.63. The molecule has 2 aromatic rings. The molecule has 1 amide bonds. The van der Waals surface area contributed by atoms with Gasteiger partial charge in [-0.25, -0.2) is 4.79 Å². The van der Waals surface area contributed by atoms with Crippen molar-refractivity contribution in [1.29, 1.82) is 0 Å². The molecule has 0 aliphatic carbocycles. The molecule has 134 valence electrons. The van der Waals surface area contributed by atoms with Crippen LogP contribution < -0.4 is 4.74 Å². The summed E-state index contributed by atoms with van der Waals surface area (Å²) >= 11 is 0. The molecule has 0 spiro atoms. The van der Waals surface area contributed by atoms with E-state index < -0.39 is 0 Å². The minimum absolute atomic E-state index is 0.235. The van der Waals surface area contributed by atoms with Crippen LogP contribution in [0.1, 0.15) is 12.8 Å². The Labute approximate surface area is 148 Å². The molecular weight excluding hydrogens is 316 g/mol. The zero-order valence-corrected chi connectivity index (χ0v) is 14.8. The molecule has 6 heteroatoms. The van der Waals surface area contributed by atoms with Gasteiger partial charge < -0.3 is 19.5 Å². The summed E-state index contributed by atoms with van der Waals surface area (Å²) in [4.78, 5) is 22.5. The van der Waals surface area contributed by atoms with Crippen molar-refractivity contribution in [3.8, 4) is 5.75 Å². The van der Waals surface area contributed by atoms with Gasteiger partial charge >= 0.3 is 6.09 Å². The Morgan fingerprint density at radius 1 is 1.08 bits per heavy atom. The first kappa shape index (κ1) is 16.4. The van der Waals surface area contributed by atoms with E-state index in [0.29, 0.717) is 11.8 Å². The third-order valence-electron chi connectivity index (χ3n) is 5.53. The number of likely N-dealkylation sites (N-methyl/N-ethyl adjacent to an activating group) is 1. The number of carbonyl (C=O) groups is 1. The first-order chi connectivity index (χ1) is 12.2.